The van der Waals surface area contributed by atoms with Crippen LogP contribution in [0, 0.1) is 29.4 Å². The van der Waals surface area contributed by atoms with Crippen molar-refractivity contribution in [2.45, 2.75) is 12.8 Å². The lowest BCUT2D eigenvalue weighted by Gasteiger charge is -2.03. The molecule has 1 saturated heterocycles. The molecule has 1 aromatic carbocycles. The second-order valence-electron chi connectivity index (χ2n) is 6.51. The van der Waals surface area contributed by atoms with Gasteiger partial charge in [-0.15, -0.1) is 11.3 Å². The number of piperidine rings is 1. The van der Waals surface area contributed by atoms with Gasteiger partial charge < -0.3 is 11.1 Å². The first-order valence-electron chi connectivity index (χ1n) is 7.96. The first-order valence-corrected chi connectivity index (χ1v) is 8.77. The van der Waals surface area contributed by atoms with Gasteiger partial charge in [0.25, 0.3) is 5.91 Å². The summed E-state index contributed by atoms with van der Waals surface area (Å²) in [5.74, 6) is 0.200. The van der Waals surface area contributed by atoms with Crippen LogP contribution in [0.25, 0.3) is 0 Å². The molecule has 2 fully saturated rings. The molecule has 4 nitrogen and oxygen atoms in total. The van der Waals surface area contributed by atoms with Crippen molar-refractivity contribution in [2.24, 2.45) is 23.5 Å². The number of carbonyl (C=O) groups is 1. The molecule has 1 saturated carbocycles. The summed E-state index contributed by atoms with van der Waals surface area (Å²) in [7, 11) is 0. The van der Waals surface area contributed by atoms with Gasteiger partial charge in [0, 0.05) is 17.4 Å². The third-order valence-corrected chi connectivity index (χ3v) is 6.10. The molecule has 0 spiro atoms. The first kappa shape index (κ1) is 15.7. The average Bonchev–Trinajstić information content (AvgIpc) is 2.92. The van der Waals surface area contributed by atoms with Crippen molar-refractivity contribution in [2.75, 3.05) is 13.1 Å². The number of fused-ring (bicyclic) bond motifs is 1. The number of hydrogen-bond acceptors (Lipinski definition) is 4. The van der Waals surface area contributed by atoms with Crippen LogP contribution >= 0.6 is 11.3 Å². The van der Waals surface area contributed by atoms with E-state index < -0.39 is 17.5 Å². The summed E-state index contributed by atoms with van der Waals surface area (Å²) < 4.78 is 26.8. The van der Waals surface area contributed by atoms with Gasteiger partial charge in [0.15, 0.2) is 0 Å². The minimum Gasteiger partial charge on any atom is -0.364 e. The molecule has 1 aromatic heterocycles. The second kappa shape index (κ2) is 5.89. The summed E-state index contributed by atoms with van der Waals surface area (Å²) in [5.41, 5.74) is 6.11. The van der Waals surface area contributed by atoms with E-state index in [1.807, 2.05) is 0 Å². The van der Waals surface area contributed by atoms with Gasteiger partial charge in [-0.25, -0.2) is 13.8 Å². The fourth-order valence-electron chi connectivity index (χ4n) is 3.70. The number of hydrogen-bond donors (Lipinski definition) is 2. The second-order valence-corrected chi connectivity index (χ2v) is 7.68. The number of aromatic nitrogens is 1. The van der Waals surface area contributed by atoms with Gasteiger partial charge in [0.1, 0.15) is 17.3 Å². The summed E-state index contributed by atoms with van der Waals surface area (Å²) in [6.45, 7) is 2.07. The molecule has 4 rings (SSSR count). The highest BCUT2D eigenvalue weighted by molar-refractivity contribution is 7.12. The number of halogens is 2. The lowest BCUT2D eigenvalue weighted by molar-refractivity contribution is 0.0995. The van der Waals surface area contributed by atoms with Gasteiger partial charge in [-0.3, -0.25) is 4.79 Å². The van der Waals surface area contributed by atoms with Crippen molar-refractivity contribution < 1.29 is 13.6 Å². The molecule has 2 atom stereocenters. The molecule has 2 aromatic rings. The van der Waals surface area contributed by atoms with Crippen molar-refractivity contribution >= 4 is 17.2 Å². The Labute approximate surface area is 142 Å². The molecule has 3 N–H and O–H groups in total. The van der Waals surface area contributed by atoms with Crippen LogP contribution in [0.2, 0.25) is 0 Å². The summed E-state index contributed by atoms with van der Waals surface area (Å²) in [6, 6.07) is 3.49. The quantitative estimate of drug-likeness (QED) is 0.869. The van der Waals surface area contributed by atoms with Crippen molar-refractivity contribution in [3.63, 3.8) is 0 Å². The summed E-state index contributed by atoms with van der Waals surface area (Å²) >= 11 is 1.41. The Morgan fingerprint density at radius 1 is 1.33 bits per heavy atom. The largest absolute Gasteiger partial charge is 0.364 e. The molecule has 7 heteroatoms. The highest BCUT2D eigenvalue weighted by Gasteiger charge is 2.52. The maximum atomic E-state index is 13.8. The van der Waals surface area contributed by atoms with E-state index in [0.29, 0.717) is 34.0 Å². The Hall–Kier alpha value is -1.86. The maximum absolute atomic E-state index is 13.8. The molecule has 0 radical (unpaired) electrons. The van der Waals surface area contributed by atoms with Crippen molar-refractivity contribution in [1.82, 2.24) is 10.3 Å². The molecule has 126 valence electrons. The summed E-state index contributed by atoms with van der Waals surface area (Å²) in [6.07, 6.45) is 1.04. The number of benzene rings is 1. The number of thiazole rings is 1. The van der Waals surface area contributed by atoms with Crippen molar-refractivity contribution in [3.8, 4) is 0 Å². The normalized spacial score (nSPS) is 24.8. The Bertz CT molecular complexity index is 797. The zero-order valence-electron chi connectivity index (χ0n) is 12.9. The number of carbonyl (C=O) groups excluding carboxylic acids is 1. The number of nitrogens with two attached hydrogens (primary N) is 1. The molecule has 1 aliphatic carbocycles. The van der Waals surface area contributed by atoms with E-state index in [-0.39, 0.29) is 6.42 Å². The molecule has 24 heavy (non-hydrogen) atoms. The number of rotatable bonds is 5. The van der Waals surface area contributed by atoms with Crippen molar-refractivity contribution in [3.05, 3.63) is 51.0 Å². The zero-order chi connectivity index (χ0) is 16.8. The standard InChI is InChI=1S/C17H17F2N3OS/c18-9-2-1-8(13(19)4-9)3-15-22-16(17(20)23)14(24-15)5-10-11-6-21-7-12(10)11/h1-2,4,10-12,21H,3,5-7H2,(H2,20,23). The van der Waals surface area contributed by atoms with Gasteiger partial charge >= 0.3 is 0 Å². The topological polar surface area (TPSA) is 68.0 Å². The van der Waals surface area contributed by atoms with E-state index in [9.17, 15) is 13.6 Å². The van der Waals surface area contributed by atoms with Crippen LogP contribution in [0.5, 0.6) is 0 Å². The monoisotopic (exact) mass is 349 g/mol. The fourth-order valence-corrected chi connectivity index (χ4v) is 4.87. The number of nitrogens with zero attached hydrogens (tertiary/aromatic N) is 1. The van der Waals surface area contributed by atoms with Crippen LogP contribution < -0.4 is 11.1 Å². The number of nitrogens with one attached hydrogen (secondary N) is 1. The smallest absolute Gasteiger partial charge is 0.268 e. The zero-order valence-corrected chi connectivity index (χ0v) is 13.7. The Morgan fingerprint density at radius 3 is 2.75 bits per heavy atom. The van der Waals surface area contributed by atoms with Gasteiger partial charge in [0.2, 0.25) is 0 Å². The molecule has 1 aliphatic heterocycles. The lowest BCUT2D eigenvalue weighted by atomic mass is 10.1. The van der Waals surface area contributed by atoms with Crippen molar-refractivity contribution in [1.29, 1.82) is 0 Å². The summed E-state index contributed by atoms with van der Waals surface area (Å²) in [5, 5.41) is 3.98. The number of amides is 1. The summed E-state index contributed by atoms with van der Waals surface area (Å²) in [4.78, 5) is 16.9. The predicted molar refractivity (Wildman–Crippen MR) is 86.8 cm³/mol. The van der Waals surface area contributed by atoms with E-state index in [0.717, 1.165) is 30.5 Å². The van der Waals surface area contributed by atoms with Gasteiger partial charge in [-0.05, 0) is 48.9 Å². The minimum atomic E-state index is -0.609. The molecule has 2 unspecified atom stereocenters. The lowest BCUT2D eigenvalue weighted by Crippen LogP contribution is -2.17. The molecule has 2 aliphatic rings. The SMILES string of the molecule is NC(=O)c1nc(Cc2ccc(F)cc2F)sc1CC1C2CNCC21. The van der Waals surface area contributed by atoms with Crippen LogP contribution in [-0.2, 0) is 12.8 Å². The van der Waals surface area contributed by atoms with Crippen LogP contribution in [0.15, 0.2) is 18.2 Å². The Morgan fingerprint density at radius 2 is 2.08 bits per heavy atom. The minimum absolute atomic E-state index is 0.232. The van der Waals surface area contributed by atoms with Crippen LogP contribution in [-0.4, -0.2) is 24.0 Å². The molecule has 0 bridgehead atoms. The Balaban J connectivity index is 1.55. The van der Waals surface area contributed by atoms with Gasteiger partial charge in [-0.2, -0.15) is 0 Å². The predicted octanol–water partition coefficient (Wildman–Crippen LogP) is 2.12. The number of primary amides is 1. The van der Waals surface area contributed by atoms with Gasteiger partial charge in [-0.1, -0.05) is 6.07 Å². The first-order chi connectivity index (χ1) is 11.5. The van der Waals surface area contributed by atoms with Crippen LogP contribution in [0.3, 0.4) is 0 Å². The van der Waals surface area contributed by atoms with Crippen LogP contribution in [0.1, 0.15) is 25.9 Å². The molecular weight excluding hydrogens is 332 g/mol. The molecule has 2 heterocycles. The third-order valence-electron chi connectivity index (χ3n) is 5.02. The molecular formula is C17H17F2N3OS. The van der Waals surface area contributed by atoms with E-state index in [1.165, 1.54) is 23.5 Å². The Kier molecular flexibility index (Phi) is 3.85. The maximum Gasteiger partial charge on any atom is 0.268 e. The van der Waals surface area contributed by atoms with E-state index in [2.05, 4.69) is 10.3 Å². The van der Waals surface area contributed by atoms with E-state index >= 15 is 0 Å². The fraction of sp³-hybridized carbons (Fsp3) is 0.412. The average molecular weight is 349 g/mol. The highest BCUT2D eigenvalue weighted by atomic mass is 32.1. The van der Waals surface area contributed by atoms with Gasteiger partial charge in [0.05, 0.1) is 5.01 Å². The van der Waals surface area contributed by atoms with E-state index in [4.69, 9.17) is 5.73 Å². The third kappa shape index (κ3) is 2.82. The van der Waals surface area contributed by atoms with E-state index in [1.54, 1.807) is 0 Å². The highest BCUT2D eigenvalue weighted by Crippen LogP contribution is 2.51. The van der Waals surface area contributed by atoms with Crippen LogP contribution in [0.4, 0.5) is 8.78 Å². The molecule has 1 amide bonds.